The number of allylic oxidation sites excluding steroid dienone is 4. The number of hydrogen-bond acceptors (Lipinski definition) is 3. The molecule has 3 heteroatoms. The van der Waals surface area contributed by atoms with Gasteiger partial charge in [0.1, 0.15) is 0 Å². The van der Waals surface area contributed by atoms with Gasteiger partial charge in [-0.3, -0.25) is 0 Å². The van der Waals surface area contributed by atoms with Gasteiger partial charge in [0, 0.05) is 5.92 Å². The zero-order chi connectivity index (χ0) is 22.1. The van der Waals surface area contributed by atoms with E-state index in [0.29, 0.717) is 25.7 Å². The van der Waals surface area contributed by atoms with Crippen LogP contribution in [0.5, 0.6) is 0 Å². The van der Waals surface area contributed by atoms with Gasteiger partial charge in [0.25, 0.3) is 5.97 Å². The quantitative estimate of drug-likeness (QED) is 0.146. The molecule has 0 aromatic rings. The van der Waals surface area contributed by atoms with Crippen LogP contribution in [-0.4, -0.2) is 25.8 Å². The SMILES string of the molecule is CCCCCCCCC(CCC)(C1C=CC=C1)C(OCCC)(OCCC)OCCC. The van der Waals surface area contributed by atoms with E-state index in [1.54, 1.807) is 0 Å². The molecule has 3 nitrogen and oxygen atoms in total. The van der Waals surface area contributed by atoms with Gasteiger partial charge < -0.3 is 14.2 Å². The third-order valence-electron chi connectivity index (χ3n) is 6.16. The molecule has 0 aromatic heterocycles. The van der Waals surface area contributed by atoms with Gasteiger partial charge >= 0.3 is 0 Å². The predicted octanol–water partition coefficient (Wildman–Crippen LogP) is 8.20. The fourth-order valence-corrected chi connectivity index (χ4v) is 4.70. The summed E-state index contributed by atoms with van der Waals surface area (Å²) >= 11 is 0. The minimum atomic E-state index is -0.974. The first kappa shape index (κ1) is 27.4. The van der Waals surface area contributed by atoms with Crippen molar-refractivity contribution in [3.8, 4) is 0 Å². The molecule has 0 saturated carbocycles. The van der Waals surface area contributed by atoms with Gasteiger partial charge in [-0.25, -0.2) is 0 Å². The third kappa shape index (κ3) is 7.80. The molecule has 0 radical (unpaired) electrons. The third-order valence-corrected chi connectivity index (χ3v) is 6.16. The molecule has 1 unspecified atom stereocenters. The Kier molecular flexibility index (Phi) is 14.7. The van der Waals surface area contributed by atoms with Crippen LogP contribution < -0.4 is 0 Å². The van der Waals surface area contributed by atoms with Crippen molar-refractivity contribution in [3.63, 3.8) is 0 Å². The van der Waals surface area contributed by atoms with E-state index in [4.69, 9.17) is 14.2 Å². The van der Waals surface area contributed by atoms with Crippen LogP contribution in [0.4, 0.5) is 0 Å². The zero-order valence-electron chi connectivity index (χ0n) is 20.7. The maximum Gasteiger partial charge on any atom is 0.289 e. The number of ether oxygens (including phenoxy) is 3. The molecule has 0 spiro atoms. The lowest BCUT2D eigenvalue weighted by molar-refractivity contribution is -0.437. The molecule has 0 bridgehead atoms. The minimum Gasteiger partial charge on any atom is -0.327 e. The normalized spacial score (nSPS) is 16.4. The van der Waals surface area contributed by atoms with Crippen molar-refractivity contribution >= 4 is 0 Å². The molecule has 0 saturated heterocycles. The van der Waals surface area contributed by atoms with Crippen molar-refractivity contribution in [2.45, 2.75) is 118 Å². The van der Waals surface area contributed by atoms with Gasteiger partial charge in [-0.2, -0.15) is 0 Å². The van der Waals surface area contributed by atoms with Crippen LogP contribution in [0.2, 0.25) is 0 Å². The van der Waals surface area contributed by atoms with E-state index in [-0.39, 0.29) is 5.41 Å². The number of unbranched alkanes of at least 4 members (excludes halogenated alkanes) is 5. The van der Waals surface area contributed by atoms with Crippen LogP contribution in [-0.2, 0) is 14.2 Å². The summed E-state index contributed by atoms with van der Waals surface area (Å²) in [7, 11) is 0. The average molecular weight is 423 g/mol. The van der Waals surface area contributed by atoms with Crippen molar-refractivity contribution in [2.75, 3.05) is 19.8 Å². The summed E-state index contributed by atoms with van der Waals surface area (Å²) < 4.78 is 19.8. The molecule has 0 aliphatic heterocycles. The minimum absolute atomic E-state index is 0.199. The van der Waals surface area contributed by atoms with Gasteiger partial charge in [0.15, 0.2) is 0 Å². The highest BCUT2D eigenvalue weighted by Gasteiger charge is 2.57. The van der Waals surface area contributed by atoms with E-state index in [9.17, 15) is 0 Å². The molecule has 1 aliphatic carbocycles. The fraction of sp³-hybridized carbons (Fsp3) is 0.852. The number of rotatable bonds is 20. The van der Waals surface area contributed by atoms with Crippen molar-refractivity contribution in [3.05, 3.63) is 24.3 Å². The van der Waals surface area contributed by atoms with Gasteiger partial charge in [-0.15, -0.1) is 0 Å². The molecule has 0 aromatic carbocycles. The molecule has 1 aliphatic rings. The molecule has 30 heavy (non-hydrogen) atoms. The summed E-state index contributed by atoms with van der Waals surface area (Å²) in [6.45, 7) is 13.0. The van der Waals surface area contributed by atoms with Gasteiger partial charge in [-0.1, -0.05) is 104 Å². The molecule has 176 valence electrons. The Morgan fingerprint density at radius 3 is 1.53 bits per heavy atom. The lowest BCUT2D eigenvalue weighted by Crippen LogP contribution is -2.58. The molecule has 0 heterocycles. The summed E-state index contributed by atoms with van der Waals surface area (Å²) in [6.07, 6.45) is 22.9. The van der Waals surface area contributed by atoms with E-state index in [1.165, 1.54) is 38.5 Å². The molecule has 1 atom stereocenters. The lowest BCUT2D eigenvalue weighted by Gasteiger charge is -2.51. The first-order valence-corrected chi connectivity index (χ1v) is 12.9. The van der Waals surface area contributed by atoms with Crippen molar-refractivity contribution in [2.24, 2.45) is 11.3 Å². The molecule has 0 amide bonds. The summed E-state index contributed by atoms with van der Waals surface area (Å²) in [5, 5.41) is 0. The Morgan fingerprint density at radius 1 is 0.567 bits per heavy atom. The topological polar surface area (TPSA) is 27.7 Å². The van der Waals surface area contributed by atoms with E-state index in [2.05, 4.69) is 58.9 Å². The molecular formula is C27H50O3. The Labute approximate surface area is 187 Å². The summed E-state index contributed by atoms with van der Waals surface area (Å²) in [6, 6.07) is 0. The van der Waals surface area contributed by atoms with E-state index < -0.39 is 5.97 Å². The Hall–Kier alpha value is -0.640. The van der Waals surface area contributed by atoms with Crippen LogP contribution in [0, 0.1) is 11.3 Å². The fourth-order valence-electron chi connectivity index (χ4n) is 4.70. The molecular weight excluding hydrogens is 372 g/mol. The van der Waals surface area contributed by atoms with Gasteiger partial charge in [0.05, 0.1) is 25.2 Å². The molecule has 1 rings (SSSR count). The van der Waals surface area contributed by atoms with Gasteiger partial charge in [0.2, 0.25) is 0 Å². The van der Waals surface area contributed by atoms with Gasteiger partial charge in [-0.05, 0) is 32.1 Å². The largest absolute Gasteiger partial charge is 0.327 e. The smallest absolute Gasteiger partial charge is 0.289 e. The zero-order valence-corrected chi connectivity index (χ0v) is 20.7. The van der Waals surface area contributed by atoms with E-state index in [0.717, 1.165) is 38.5 Å². The highest BCUT2D eigenvalue weighted by molar-refractivity contribution is 5.22. The van der Waals surface area contributed by atoms with Crippen LogP contribution in [0.3, 0.4) is 0 Å². The average Bonchev–Trinajstić information content (AvgIpc) is 3.30. The van der Waals surface area contributed by atoms with E-state index >= 15 is 0 Å². The molecule has 0 N–H and O–H groups in total. The second-order valence-electron chi connectivity index (χ2n) is 8.82. The second kappa shape index (κ2) is 16.1. The van der Waals surface area contributed by atoms with Crippen molar-refractivity contribution < 1.29 is 14.2 Å². The summed E-state index contributed by atoms with van der Waals surface area (Å²) in [4.78, 5) is 0. The standard InChI is InChI=1S/C27H50O3/c1-6-11-12-13-14-17-21-26(20-7-2,25-18-15-16-19-25)27(28-22-8-3,29-23-9-4)30-24-10-5/h15-16,18-19,25H,6-14,17,20-24H2,1-5H3. The number of hydrogen-bond donors (Lipinski definition) is 0. The van der Waals surface area contributed by atoms with Crippen LogP contribution >= 0.6 is 0 Å². The second-order valence-corrected chi connectivity index (χ2v) is 8.82. The van der Waals surface area contributed by atoms with Crippen molar-refractivity contribution in [1.29, 1.82) is 0 Å². The van der Waals surface area contributed by atoms with Crippen LogP contribution in [0.15, 0.2) is 24.3 Å². The lowest BCUT2D eigenvalue weighted by atomic mass is 9.66. The first-order chi connectivity index (χ1) is 14.7. The maximum atomic E-state index is 6.60. The highest BCUT2D eigenvalue weighted by Crippen LogP contribution is 2.53. The predicted molar refractivity (Wildman–Crippen MR) is 129 cm³/mol. The van der Waals surface area contributed by atoms with Crippen LogP contribution in [0.1, 0.15) is 112 Å². The first-order valence-electron chi connectivity index (χ1n) is 12.9. The maximum absolute atomic E-state index is 6.60. The van der Waals surface area contributed by atoms with E-state index in [1.807, 2.05) is 0 Å². The van der Waals surface area contributed by atoms with Crippen LogP contribution in [0.25, 0.3) is 0 Å². The molecule has 0 fully saturated rings. The monoisotopic (exact) mass is 422 g/mol. The Bertz CT molecular complexity index is 437. The highest BCUT2D eigenvalue weighted by atomic mass is 16.9. The Balaban J connectivity index is 3.25. The Morgan fingerprint density at radius 2 is 1.07 bits per heavy atom. The summed E-state index contributed by atoms with van der Waals surface area (Å²) in [5.74, 6) is -0.684. The van der Waals surface area contributed by atoms with Crippen molar-refractivity contribution in [1.82, 2.24) is 0 Å². The summed E-state index contributed by atoms with van der Waals surface area (Å²) in [5.41, 5.74) is -0.199.